The van der Waals surface area contributed by atoms with Crippen molar-refractivity contribution in [1.82, 2.24) is 0 Å². The average Bonchev–Trinajstić information content (AvgIpc) is 3.13. The molecule has 0 saturated carbocycles. The summed E-state index contributed by atoms with van der Waals surface area (Å²) in [4.78, 5) is 35.3. The van der Waals surface area contributed by atoms with Gasteiger partial charge >= 0.3 is 19.8 Å². The molecule has 324 valence electrons. The van der Waals surface area contributed by atoms with Gasteiger partial charge < -0.3 is 34.2 Å². The van der Waals surface area contributed by atoms with Gasteiger partial charge in [0, 0.05) is 12.8 Å². The second kappa shape index (κ2) is 34.6. The van der Waals surface area contributed by atoms with Crippen LogP contribution >= 0.6 is 7.82 Å². The molecule has 0 aromatic heterocycles. The molecule has 4 N–H and O–H groups in total. The lowest BCUT2D eigenvalue weighted by Gasteiger charge is -2.24. The topological polar surface area (TPSA) is 169 Å². The van der Waals surface area contributed by atoms with Crippen LogP contribution in [0.4, 0.5) is 0 Å². The van der Waals surface area contributed by atoms with Gasteiger partial charge in [-0.05, 0) is 32.1 Å². The van der Waals surface area contributed by atoms with Crippen molar-refractivity contribution in [3.63, 3.8) is 0 Å². The second-order valence-corrected chi connectivity index (χ2v) is 16.7. The summed E-state index contributed by atoms with van der Waals surface area (Å²) in [6, 6.07) is 0. The van der Waals surface area contributed by atoms with Crippen molar-refractivity contribution < 1.29 is 57.4 Å². The van der Waals surface area contributed by atoms with Gasteiger partial charge in [0.1, 0.15) is 19.8 Å². The van der Waals surface area contributed by atoms with E-state index in [1.54, 1.807) is 42.5 Å². The number of rotatable bonds is 36. The quantitative estimate of drug-likeness (QED) is 0.0120. The molecule has 1 unspecified atom stereocenters. The van der Waals surface area contributed by atoms with Gasteiger partial charge in [0.15, 0.2) is 6.10 Å². The van der Waals surface area contributed by atoms with Crippen LogP contribution in [0.5, 0.6) is 0 Å². The number of hydrogen-bond donors (Lipinski definition) is 4. The zero-order valence-corrected chi connectivity index (χ0v) is 36.1. The van der Waals surface area contributed by atoms with Crippen molar-refractivity contribution in [3.05, 3.63) is 60.8 Å². The Bertz CT molecular complexity index is 1190. The van der Waals surface area contributed by atoms with Gasteiger partial charge in [-0.2, -0.15) is 0 Å². The van der Waals surface area contributed by atoms with Crippen LogP contribution in [0.3, 0.4) is 0 Å². The van der Waals surface area contributed by atoms with Crippen LogP contribution in [0.1, 0.15) is 129 Å². The summed E-state index contributed by atoms with van der Waals surface area (Å²) in [5.74, 6) is -1.14. The third-order valence-electron chi connectivity index (χ3n) is 8.65. The van der Waals surface area contributed by atoms with E-state index < -0.39 is 50.8 Å². The van der Waals surface area contributed by atoms with Gasteiger partial charge in [0.2, 0.25) is 0 Å². The Labute approximate surface area is 338 Å². The first-order valence-electron chi connectivity index (χ1n) is 20.8. The minimum atomic E-state index is -4.47. The highest BCUT2D eigenvalue weighted by molar-refractivity contribution is 7.47. The van der Waals surface area contributed by atoms with E-state index in [9.17, 15) is 34.4 Å². The predicted molar refractivity (Wildman–Crippen MR) is 224 cm³/mol. The van der Waals surface area contributed by atoms with Crippen molar-refractivity contribution in [2.75, 3.05) is 47.5 Å². The van der Waals surface area contributed by atoms with Gasteiger partial charge in [-0.1, -0.05) is 145 Å². The molecule has 12 nitrogen and oxygen atoms in total. The fourth-order valence-electron chi connectivity index (χ4n) is 5.24. The molecular formula is C43H77NO11P+. The fourth-order valence-corrected chi connectivity index (χ4v) is 5.98. The smallest absolute Gasteiger partial charge is 0.462 e. The minimum absolute atomic E-state index is 0.0343. The van der Waals surface area contributed by atoms with Crippen LogP contribution in [0, 0.1) is 0 Å². The molecule has 0 radical (unpaired) electrons. The van der Waals surface area contributed by atoms with Crippen LogP contribution in [-0.2, 0) is 32.7 Å². The van der Waals surface area contributed by atoms with E-state index >= 15 is 0 Å². The zero-order valence-electron chi connectivity index (χ0n) is 35.2. The lowest BCUT2D eigenvalue weighted by molar-refractivity contribution is -0.870. The summed E-state index contributed by atoms with van der Waals surface area (Å²) in [5.41, 5.74) is 0. The van der Waals surface area contributed by atoms with E-state index in [0.717, 1.165) is 25.7 Å². The van der Waals surface area contributed by atoms with E-state index in [1.165, 1.54) is 57.4 Å². The molecule has 0 fully saturated rings. The lowest BCUT2D eigenvalue weighted by atomic mass is 10.0. The number of aliphatic hydroxyl groups excluding tert-OH is 3. The molecule has 0 saturated heterocycles. The molecule has 0 bridgehead atoms. The van der Waals surface area contributed by atoms with Crippen molar-refractivity contribution in [2.24, 2.45) is 0 Å². The van der Waals surface area contributed by atoms with Crippen LogP contribution in [-0.4, -0.2) is 109 Å². The van der Waals surface area contributed by atoms with Gasteiger partial charge in [-0.25, -0.2) is 4.57 Å². The monoisotopic (exact) mass is 815 g/mol. The number of carbonyl (C=O) groups excluding carboxylic acids is 2. The normalized spacial score (nSPS) is 15.9. The molecule has 0 amide bonds. The van der Waals surface area contributed by atoms with E-state index in [4.69, 9.17) is 18.5 Å². The summed E-state index contributed by atoms with van der Waals surface area (Å²) in [7, 11) is 1.25. The second-order valence-electron chi connectivity index (χ2n) is 15.2. The van der Waals surface area contributed by atoms with E-state index in [1.807, 2.05) is 40.2 Å². The Morgan fingerprint density at radius 2 is 1.23 bits per heavy atom. The number of likely N-dealkylation sites (N-methyl/N-ethyl adjacent to an activating group) is 1. The van der Waals surface area contributed by atoms with Crippen molar-refractivity contribution in [3.8, 4) is 0 Å². The first kappa shape index (κ1) is 53.6. The third kappa shape index (κ3) is 36.0. The third-order valence-corrected chi connectivity index (χ3v) is 9.64. The number of phosphoric ester groups is 1. The van der Waals surface area contributed by atoms with Crippen LogP contribution in [0.2, 0.25) is 0 Å². The molecule has 0 heterocycles. The Hall–Kier alpha value is -2.41. The molecule has 0 aliphatic heterocycles. The number of aliphatic hydroxyl groups is 3. The van der Waals surface area contributed by atoms with E-state index in [2.05, 4.69) is 6.92 Å². The van der Waals surface area contributed by atoms with Gasteiger partial charge in [0.25, 0.3) is 0 Å². The molecule has 0 rings (SSSR count). The molecule has 0 aromatic rings. The molecule has 0 spiro atoms. The molecule has 56 heavy (non-hydrogen) atoms. The number of esters is 2. The number of allylic oxidation sites excluding steroid dienone is 7. The highest BCUT2D eigenvalue weighted by Crippen LogP contribution is 2.43. The highest BCUT2D eigenvalue weighted by Gasteiger charge is 2.27. The number of phosphoric acid groups is 1. The first-order valence-corrected chi connectivity index (χ1v) is 22.3. The van der Waals surface area contributed by atoms with Crippen LogP contribution < -0.4 is 0 Å². The minimum Gasteiger partial charge on any atom is -0.462 e. The molecular weight excluding hydrogens is 737 g/mol. The molecule has 5 atom stereocenters. The zero-order chi connectivity index (χ0) is 41.9. The number of nitrogens with zero attached hydrogens (tertiary/aromatic N) is 1. The first-order chi connectivity index (χ1) is 26.7. The summed E-state index contributed by atoms with van der Waals surface area (Å²) in [6.45, 7) is 3.80. The average molecular weight is 815 g/mol. The lowest BCUT2D eigenvalue weighted by Crippen LogP contribution is -2.37. The van der Waals surface area contributed by atoms with E-state index in [-0.39, 0.29) is 38.9 Å². The number of carbonyl (C=O) groups is 2. The summed E-state index contributed by atoms with van der Waals surface area (Å²) < 4.78 is 33.9. The number of ether oxygens (including phenoxy) is 2. The standard InChI is InChI=1S/C43H76NO11P/c1-6-8-10-11-12-13-14-15-16-17-22-26-32-42(48)52-36-39(37-54-56(50,51)53-35-34-44(3,4)5)55-43(49)33-27-31-41(47)40(46)30-25-21-19-18-20-24-29-38(45)28-23-9-7-2/h9,18-21,23-25,29-30,38-41,45-47H,6-8,10-17,22,26-28,31-37H2,1-5H3/p+1/b20-18+,21-19-,23-9-,29-24+,30-25-/t38-,39+,40+,41+/m0/s1. The highest BCUT2D eigenvalue weighted by atomic mass is 31.2. The Balaban J connectivity index is 4.76. The van der Waals surface area contributed by atoms with Gasteiger partial charge in [-0.3, -0.25) is 18.6 Å². The Kier molecular flexibility index (Phi) is 33.1. The predicted octanol–water partition coefficient (Wildman–Crippen LogP) is 8.21. The molecule has 0 aliphatic rings. The largest absolute Gasteiger partial charge is 0.472 e. The SMILES string of the molecule is CC/C=C\C[C@H](O)/C=C/C=C/C=C\C=C/[C@@H](O)[C@H](O)CCCC(=O)O[C@H](COC(=O)CCCCCCCCCCCCCC)COP(=O)(O)OCC[N+](C)(C)C. The van der Waals surface area contributed by atoms with Crippen molar-refractivity contribution in [2.45, 2.75) is 154 Å². The Morgan fingerprint density at radius 1 is 0.679 bits per heavy atom. The van der Waals surface area contributed by atoms with Crippen molar-refractivity contribution in [1.29, 1.82) is 0 Å². The summed E-state index contributed by atoms with van der Waals surface area (Å²) in [5, 5.41) is 30.5. The molecule has 0 aliphatic carbocycles. The maximum atomic E-state index is 12.7. The number of quaternary nitrogens is 1. The van der Waals surface area contributed by atoms with Crippen LogP contribution in [0.25, 0.3) is 0 Å². The van der Waals surface area contributed by atoms with Crippen molar-refractivity contribution >= 4 is 19.8 Å². The Morgan fingerprint density at radius 3 is 1.82 bits per heavy atom. The van der Waals surface area contributed by atoms with Gasteiger partial charge in [-0.15, -0.1) is 0 Å². The maximum Gasteiger partial charge on any atom is 0.472 e. The number of hydrogen-bond acceptors (Lipinski definition) is 10. The maximum absolute atomic E-state index is 12.7. The molecule has 13 heteroatoms. The van der Waals surface area contributed by atoms with Gasteiger partial charge in [0.05, 0.1) is 46.1 Å². The number of unbranched alkanes of at least 4 members (excludes halogenated alkanes) is 11. The summed E-state index contributed by atoms with van der Waals surface area (Å²) >= 11 is 0. The summed E-state index contributed by atoms with van der Waals surface area (Å²) in [6.07, 6.45) is 29.3. The van der Waals surface area contributed by atoms with Crippen LogP contribution in [0.15, 0.2) is 60.8 Å². The molecule has 0 aromatic carbocycles. The fraction of sp³-hybridized carbons (Fsp3) is 0.721. The van der Waals surface area contributed by atoms with E-state index in [0.29, 0.717) is 23.9 Å².